The number of hydrogen-bond donors (Lipinski definition) is 1. The molecule has 2 amide bonds. The summed E-state index contributed by atoms with van der Waals surface area (Å²) in [5.41, 5.74) is 5.01. The quantitative estimate of drug-likeness (QED) is 0.645. The first kappa shape index (κ1) is 17.6. The zero-order valence-electron chi connectivity index (χ0n) is 16.1. The monoisotopic (exact) mass is 388 g/mol. The van der Waals surface area contributed by atoms with Gasteiger partial charge in [-0.15, -0.1) is 0 Å². The van der Waals surface area contributed by atoms with Gasteiger partial charge in [0.25, 0.3) is 11.8 Å². The Kier molecular flexibility index (Phi) is 3.97. The topological polar surface area (TPSA) is 84.4 Å². The van der Waals surface area contributed by atoms with Gasteiger partial charge in [0.2, 0.25) is 6.23 Å². The Hall–Kier alpha value is -3.48. The molecular formula is C22H20N4O3. The summed E-state index contributed by atoms with van der Waals surface area (Å²) in [5, 5.41) is 3.07. The van der Waals surface area contributed by atoms with Crippen LogP contribution in [0.1, 0.15) is 31.0 Å². The number of hydrogen-bond acceptors (Lipinski definition) is 5. The molecule has 1 aromatic carbocycles. The third-order valence-electron chi connectivity index (χ3n) is 6.07. The lowest BCUT2D eigenvalue weighted by molar-refractivity contribution is -0.116. The van der Waals surface area contributed by atoms with E-state index in [4.69, 9.17) is 4.74 Å². The lowest BCUT2D eigenvalue weighted by Crippen LogP contribution is -2.36. The number of aromatic nitrogens is 2. The summed E-state index contributed by atoms with van der Waals surface area (Å²) in [6.45, 7) is 3.64. The molecule has 1 saturated heterocycles. The number of anilines is 1. The molecule has 0 radical (unpaired) electrons. The van der Waals surface area contributed by atoms with Crippen molar-refractivity contribution in [3.63, 3.8) is 0 Å². The Bertz CT molecular complexity index is 1080. The fraction of sp³-hybridized carbons (Fsp3) is 0.273. The van der Waals surface area contributed by atoms with Crippen LogP contribution in [0.3, 0.4) is 0 Å². The fourth-order valence-electron chi connectivity index (χ4n) is 4.40. The largest absolute Gasteiger partial charge is 0.473 e. The van der Waals surface area contributed by atoms with E-state index in [1.807, 2.05) is 19.1 Å². The van der Waals surface area contributed by atoms with E-state index in [2.05, 4.69) is 27.4 Å². The van der Waals surface area contributed by atoms with Gasteiger partial charge in [0.1, 0.15) is 6.33 Å². The minimum Gasteiger partial charge on any atom is -0.473 e. The number of carbonyl (C=O) groups is 2. The highest BCUT2D eigenvalue weighted by Crippen LogP contribution is 2.44. The van der Waals surface area contributed by atoms with Crippen LogP contribution in [0.4, 0.5) is 5.69 Å². The smallest absolute Gasteiger partial charge is 0.257 e. The van der Waals surface area contributed by atoms with E-state index in [-0.39, 0.29) is 23.8 Å². The van der Waals surface area contributed by atoms with Crippen LogP contribution >= 0.6 is 0 Å². The van der Waals surface area contributed by atoms with Crippen molar-refractivity contribution in [1.29, 1.82) is 0 Å². The molecule has 2 aromatic rings. The molecule has 3 atom stereocenters. The van der Waals surface area contributed by atoms with Gasteiger partial charge in [-0.3, -0.25) is 14.5 Å². The van der Waals surface area contributed by atoms with Crippen LogP contribution in [0, 0.1) is 5.92 Å². The van der Waals surface area contributed by atoms with Crippen molar-refractivity contribution < 1.29 is 14.3 Å². The molecule has 1 N–H and O–H groups in total. The molecule has 7 nitrogen and oxygen atoms in total. The van der Waals surface area contributed by atoms with Gasteiger partial charge in [0, 0.05) is 11.5 Å². The van der Waals surface area contributed by atoms with E-state index in [1.54, 1.807) is 19.3 Å². The molecule has 2 aliphatic heterocycles. The van der Waals surface area contributed by atoms with Crippen LogP contribution in [0.2, 0.25) is 0 Å². The SMILES string of the molecule is CC1=C(C)C(OC=C2C(=O)NC3c4ccccc4CC23)N(c2cncnc2)C1=O. The Morgan fingerprint density at radius 2 is 1.93 bits per heavy atom. The number of benzene rings is 1. The van der Waals surface area contributed by atoms with Gasteiger partial charge in [-0.1, -0.05) is 24.3 Å². The molecule has 7 heteroatoms. The minimum absolute atomic E-state index is 0.0178. The van der Waals surface area contributed by atoms with Gasteiger partial charge in [-0.25, -0.2) is 9.97 Å². The average Bonchev–Trinajstić information content (AvgIpc) is 3.31. The second kappa shape index (κ2) is 6.55. The number of carbonyl (C=O) groups excluding carboxylic acids is 2. The molecule has 3 aliphatic rings. The predicted octanol–water partition coefficient (Wildman–Crippen LogP) is 2.43. The van der Waals surface area contributed by atoms with Gasteiger partial charge in [-0.05, 0) is 37.0 Å². The van der Waals surface area contributed by atoms with Gasteiger partial charge in [0.15, 0.2) is 0 Å². The normalized spacial score (nSPS) is 26.8. The van der Waals surface area contributed by atoms with E-state index < -0.39 is 6.23 Å². The highest BCUT2D eigenvalue weighted by molar-refractivity contribution is 6.09. The number of fused-ring (bicyclic) bond motifs is 3. The number of nitrogens with zero attached hydrogens (tertiary/aromatic N) is 3. The Balaban J connectivity index is 1.44. The summed E-state index contributed by atoms with van der Waals surface area (Å²) in [6.07, 6.45) is 6.26. The maximum atomic E-state index is 12.8. The molecule has 1 aromatic heterocycles. The summed E-state index contributed by atoms with van der Waals surface area (Å²) in [7, 11) is 0. The molecule has 3 heterocycles. The van der Waals surface area contributed by atoms with Crippen LogP contribution in [0.5, 0.6) is 0 Å². The highest BCUT2D eigenvalue weighted by Gasteiger charge is 2.44. The van der Waals surface area contributed by atoms with Crippen molar-refractivity contribution >= 4 is 17.5 Å². The summed E-state index contributed by atoms with van der Waals surface area (Å²) in [4.78, 5) is 34.9. The average molecular weight is 388 g/mol. The molecule has 5 rings (SSSR count). The van der Waals surface area contributed by atoms with Crippen molar-refractivity contribution in [2.24, 2.45) is 5.92 Å². The number of nitrogens with one attached hydrogen (secondary N) is 1. The summed E-state index contributed by atoms with van der Waals surface area (Å²) in [6, 6.07) is 8.15. The summed E-state index contributed by atoms with van der Waals surface area (Å²) >= 11 is 0. The Labute approximate surface area is 168 Å². The second-order valence-corrected chi connectivity index (χ2v) is 7.60. The minimum atomic E-state index is -0.628. The molecule has 0 saturated carbocycles. The molecule has 1 aliphatic carbocycles. The van der Waals surface area contributed by atoms with Crippen LogP contribution in [0.25, 0.3) is 0 Å². The standard InChI is InChI=1S/C22H20N4O3/c1-12-13(2)22(26(21(12)28)15-8-23-11-24-9-15)29-10-18-17-7-14-5-3-4-6-16(14)19(17)25-20(18)27/h3-6,8-11,17,19,22H,7H2,1-2H3,(H,25,27). The fourth-order valence-corrected chi connectivity index (χ4v) is 4.40. The Morgan fingerprint density at radius 3 is 2.72 bits per heavy atom. The van der Waals surface area contributed by atoms with Crippen molar-refractivity contribution in [3.8, 4) is 0 Å². The van der Waals surface area contributed by atoms with Crippen molar-refractivity contribution in [3.05, 3.63) is 77.1 Å². The molecular weight excluding hydrogens is 368 g/mol. The second-order valence-electron chi connectivity index (χ2n) is 7.60. The van der Waals surface area contributed by atoms with Crippen LogP contribution in [0.15, 0.2) is 66.0 Å². The molecule has 1 fully saturated rings. The first-order chi connectivity index (χ1) is 14.1. The predicted molar refractivity (Wildman–Crippen MR) is 105 cm³/mol. The molecule has 29 heavy (non-hydrogen) atoms. The first-order valence-corrected chi connectivity index (χ1v) is 9.56. The highest BCUT2D eigenvalue weighted by atomic mass is 16.5. The molecule has 0 spiro atoms. The van der Waals surface area contributed by atoms with Gasteiger partial charge >= 0.3 is 0 Å². The first-order valence-electron chi connectivity index (χ1n) is 9.56. The summed E-state index contributed by atoms with van der Waals surface area (Å²) in [5.74, 6) is -0.231. The molecule has 3 unspecified atom stereocenters. The van der Waals surface area contributed by atoms with E-state index in [9.17, 15) is 9.59 Å². The van der Waals surface area contributed by atoms with Gasteiger partial charge < -0.3 is 10.1 Å². The summed E-state index contributed by atoms with van der Waals surface area (Å²) < 4.78 is 6.05. The van der Waals surface area contributed by atoms with Crippen molar-refractivity contribution in [2.45, 2.75) is 32.5 Å². The van der Waals surface area contributed by atoms with E-state index >= 15 is 0 Å². The zero-order chi connectivity index (χ0) is 20.1. The molecule has 0 bridgehead atoms. The third kappa shape index (κ3) is 2.65. The van der Waals surface area contributed by atoms with E-state index in [1.165, 1.54) is 28.6 Å². The maximum absolute atomic E-state index is 12.8. The van der Waals surface area contributed by atoms with E-state index in [0.29, 0.717) is 16.8 Å². The molecule has 146 valence electrons. The maximum Gasteiger partial charge on any atom is 0.257 e. The van der Waals surface area contributed by atoms with Crippen LogP contribution in [-0.2, 0) is 20.7 Å². The van der Waals surface area contributed by atoms with Crippen LogP contribution < -0.4 is 10.2 Å². The third-order valence-corrected chi connectivity index (χ3v) is 6.07. The lowest BCUT2D eigenvalue weighted by atomic mass is 9.97. The van der Waals surface area contributed by atoms with Gasteiger partial charge in [-0.2, -0.15) is 0 Å². The number of amides is 2. The van der Waals surface area contributed by atoms with Crippen LogP contribution in [-0.4, -0.2) is 28.0 Å². The number of ether oxygens (including phenoxy) is 1. The lowest BCUT2D eigenvalue weighted by Gasteiger charge is -2.25. The van der Waals surface area contributed by atoms with E-state index in [0.717, 1.165) is 12.0 Å². The Morgan fingerprint density at radius 1 is 1.17 bits per heavy atom. The number of rotatable bonds is 3. The van der Waals surface area contributed by atoms with Gasteiger partial charge in [0.05, 0.1) is 36.0 Å². The zero-order valence-corrected chi connectivity index (χ0v) is 16.1. The van der Waals surface area contributed by atoms with Crippen molar-refractivity contribution in [2.75, 3.05) is 4.90 Å². The van der Waals surface area contributed by atoms with Crippen molar-refractivity contribution in [1.82, 2.24) is 15.3 Å².